The average Bonchev–Trinajstić information content (AvgIpc) is 2.73. The Bertz CT molecular complexity index is 1180. The van der Waals surface area contributed by atoms with Crippen LogP contribution in [-0.4, -0.2) is 49.5 Å². The zero-order chi connectivity index (χ0) is 26.6. The van der Waals surface area contributed by atoms with E-state index in [0.717, 1.165) is 21.7 Å². The van der Waals surface area contributed by atoms with Crippen LogP contribution in [0, 0.1) is 13.8 Å². The number of benzene rings is 2. The van der Waals surface area contributed by atoms with Crippen LogP contribution in [0.25, 0.3) is 0 Å². The molecule has 2 aromatic rings. The van der Waals surface area contributed by atoms with Crippen LogP contribution in [0.1, 0.15) is 50.8 Å². The van der Waals surface area contributed by atoms with E-state index >= 15 is 0 Å². The lowest BCUT2D eigenvalue weighted by atomic mass is 10.1. The molecule has 0 aromatic heterocycles. The molecule has 0 saturated heterocycles. The highest BCUT2D eigenvalue weighted by atomic mass is 35.5. The monoisotopic (exact) mass is 521 g/mol. The normalized spacial score (nSPS) is 12.7. The molecular formula is C26H36ClN3O4S. The van der Waals surface area contributed by atoms with Gasteiger partial charge in [0.25, 0.3) is 0 Å². The van der Waals surface area contributed by atoms with Gasteiger partial charge in [0.15, 0.2) is 0 Å². The van der Waals surface area contributed by atoms with Gasteiger partial charge in [-0.1, -0.05) is 42.8 Å². The van der Waals surface area contributed by atoms with E-state index in [1.807, 2.05) is 47.6 Å². The third-order valence-corrected chi connectivity index (χ3v) is 7.15. The second-order valence-corrected chi connectivity index (χ2v) is 12.1. The number of carbonyl (C=O) groups is 2. The minimum Gasteiger partial charge on any atom is -0.350 e. The number of rotatable bonds is 9. The van der Waals surface area contributed by atoms with E-state index in [-0.39, 0.29) is 12.5 Å². The van der Waals surface area contributed by atoms with Gasteiger partial charge >= 0.3 is 0 Å². The summed E-state index contributed by atoms with van der Waals surface area (Å²) in [5.74, 6) is -0.804. The number of nitrogens with one attached hydrogen (secondary N) is 1. The van der Waals surface area contributed by atoms with Crippen molar-refractivity contribution >= 4 is 39.1 Å². The quantitative estimate of drug-likeness (QED) is 0.528. The third-order valence-electron chi connectivity index (χ3n) is 5.64. The maximum absolute atomic E-state index is 13.7. The highest BCUT2D eigenvalue weighted by molar-refractivity contribution is 7.92. The van der Waals surface area contributed by atoms with Gasteiger partial charge in [-0.05, 0) is 75.9 Å². The topological polar surface area (TPSA) is 86.8 Å². The predicted molar refractivity (Wildman–Crippen MR) is 142 cm³/mol. The number of hydrogen-bond donors (Lipinski definition) is 1. The Balaban J connectivity index is 2.49. The molecule has 2 amide bonds. The fourth-order valence-electron chi connectivity index (χ4n) is 3.68. The van der Waals surface area contributed by atoms with Gasteiger partial charge < -0.3 is 10.2 Å². The maximum atomic E-state index is 13.7. The van der Waals surface area contributed by atoms with Gasteiger partial charge in [0.2, 0.25) is 21.8 Å². The van der Waals surface area contributed by atoms with Crippen molar-refractivity contribution in [3.8, 4) is 0 Å². The van der Waals surface area contributed by atoms with Crippen molar-refractivity contribution in [3.05, 3.63) is 64.2 Å². The van der Waals surface area contributed by atoms with Crippen LogP contribution in [0.5, 0.6) is 0 Å². The number of nitrogens with zero attached hydrogens (tertiary/aromatic N) is 2. The SMILES string of the molecule is CC[C@@H](C(=O)NC(C)(C)C)N(Cc1ccccc1Cl)C(=O)CN(c1ccc(C)c(C)c1)S(C)(=O)=O. The molecule has 0 radical (unpaired) electrons. The Kier molecular flexibility index (Phi) is 9.36. The summed E-state index contributed by atoms with van der Waals surface area (Å²) in [4.78, 5) is 28.3. The van der Waals surface area contributed by atoms with Crippen molar-refractivity contribution in [2.45, 2.75) is 66.1 Å². The summed E-state index contributed by atoms with van der Waals surface area (Å²) < 4.78 is 26.5. The van der Waals surface area contributed by atoms with Crippen LogP contribution in [0.4, 0.5) is 5.69 Å². The molecule has 1 atom stereocenters. The summed E-state index contributed by atoms with van der Waals surface area (Å²) in [5, 5.41) is 3.40. The number of carbonyl (C=O) groups excluding carboxylic acids is 2. The molecule has 1 N–H and O–H groups in total. The Hall–Kier alpha value is -2.58. The molecule has 0 aliphatic rings. The molecule has 192 valence electrons. The standard InChI is InChI=1S/C26H36ClN3O4S/c1-8-23(25(32)28-26(4,5)6)29(16-20-11-9-10-12-22(20)27)24(31)17-30(35(7,33)34)21-14-13-18(2)19(3)15-21/h9-15,23H,8,16-17H2,1-7H3,(H,28,32)/t23-/m0/s1. The van der Waals surface area contributed by atoms with Crippen LogP contribution >= 0.6 is 11.6 Å². The molecular weight excluding hydrogens is 486 g/mol. The van der Waals surface area contributed by atoms with Crippen molar-refractivity contribution in [1.82, 2.24) is 10.2 Å². The summed E-state index contributed by atoms with van der Waals surface area (Å²) in [6.45, 7) is 10.9. The number of aryl methyl sites for hydroxylation is 2. The zero-order valence-electron chi connectivity index (χ0n) is 21.6. The van der Waals surface area contributed by atoms with E-state index in [4.69, 9.17) is 11.6 Å². The lowest BCUT2D eigenvalue weighted by Crippen LogP contribution is -2.55. The average molecular weight is 522 g/mol. The van der Waals surface area contributed by atoms with E-state index in [0.29, 0.717) is 22.7 Å². The second kappa shape index (κ2) is 11.4. The molecule has 7 nitrogen and oxygen atoms in total. The van der Waals surface area contributed by atoms with Crippen LogP contribution in [0.15, 0.2) is 42.5 Å². The summed E-state index contributed by atoms with van der Waals surface area (Å²) in [7, 11) is -3.78. The zero-order valence-corrected chi connectivity index (χ0v) is 23.1. The number of anilines is 1. The summed E-state index contributed by atoms with van der Waals surface area (Å²) in [6, 6.07) is 11.5. The van der Waals surface area contributed by atoms with Gasteiger partial charge in [0.05, 0.1) is 11.9 Å². The summed E-state index contributed by atoms with van der Waals surface area (Å²) in [5.41, 5.74) is 2.49. The van der Waals surface area contributed by atoms with Gasteiger partial charge in [-0.15, -0.1) is 0 Å². The molecule has 2 aromatic carbocycles. The van der Waals surface area contributed by atoms with Crippen molar-refractivity contribution in [1.29, 1.82) is 0 Å². The van der Waals surface area contributed by atoms with Crippen molar-refractivity contribution in [2.24, 2.45) is 0 Å². The number of amides is 2. The van der Waals surface area contributed by atoms with E-state index in [1.165, 1.54) is 4.90 Å². The lowest BCUT2D eigenvalue weighted by Gasteiger charge is -2.34. The lowest BCUT2D eigenvalue weighted by molar-refractivity contribution is -0.141. The fourth-order valence-corrected chi connectivity index (χ4v) is 4.71. The highest BCUT2D eigenvalue weighted by Gasteiger charge is 2.33. The molecule has 0 aliphatic heterocycles. The first kappa shape index (κ1) is 28.7. The minimum absolute atomic E-state index is 0.0686. The number of hydrogen-bond acceptors (Lipinski definition) is 4. The van der Waals surface area contributed by atoms with Crippen molar-refractivity contribution in [2.75, 3.05) is 17.1 Å². The van der Waals surface area contributed by atoms with Crippen molar-refractivity contribution < 1.29 is 18.0 Å². The molecule has 2 rings (SSSR count). The Morgan fingerprint density at radius 3 is 2.20 bits per heavy atom. The van der Waals surface area contributed by atoms with Gasteiger partial charge in [-0.3, -0.25) is 13.9 Å². The Morgan fingerprint density at radius 1 is 1.06 bits per heavy atom. The first-order chi connectivity index (χ1) is 16.1. The Labute approximate surface area is 214 Å². The van der Waals surface area contributed by atoms with Crippen LogP contribution in [0.2, 0.25) is 5.02 Å². The molecule has 0 aliphatic carbocycles. The second-order valence-electron chi connectivity index (χ2n) is 9.81. The van der Waals surface area contributed by atoms with Crippen LogP contribution in [0.3, 0.4) is 0 Å². The summed E-state index contributed by atoms with van der Waals surface area (Å²) in [6.07, 6.45) is 1.41. The largest absolute Gasteiger partial charge is 0.350 e. The first-order valence-electron chi connectivity index (χ1n) is 11.5. The molecule has 0 saturated carbocycles. The molecule has 35 heavy (non-hydrogen) atoms. The van der Waals surface area contributed by atoms with E-state index < -0.39 is 34.1 Å². The van der Waals surface area contributed by atoms with Gasteiger partial charge in [-0.2, -0.15) is 0 Å². The van der Waals surface area contributed by atoms with E-state index in [1.54, 1.807) is 36.4 Å². The van der Waals surface area contributed by atoms with Crippen LogP contribution in [-0.2, 0) is 26.2 Å². The molecule has 0 bridgehead atoms. The van der Waals surface area contributed by atoms with Crippen LogP contribution < -0.4 is 9.62 Å². The van der Waals surface area contributed by atoms with Gasteiger partial charge in [0.1, 0.15) is 12.6 Å². The van der Waals surface area contributed by atoms with E-state index in [9.17, 15) is 18.0 Å². The summed E-state index contributed by atoms with van der Waals surface area (Å²) >= 11 is 6.37. The van der Waals surface area contributed by atoms with Crippen molar-refractivity contribution in [3.63, 3.8) is 0 Å². The van der Waals surface area contributed by atoms with Gasteiger partial charge in [0, 0.05) is 17.1 Å². The molecule has 0 heterocycles. The minimum atomic E-state index is -3.78. The number of halogens is 1. The highest BCUT2D eigenvalue weighted by Crippen LogP contribution is 2.24. The first-order valence-corrected chi connectivity index (χ1v) is 13.8. The smallest absolute Gasteiger partial charge is 0.244 e. The van der Waals surface area contributed by atoms with E-state index in [2.05, 4.69) is 5.32 Å². The molecule has 0 unspecified atom stereocenters. The van der Waals surface area contributed by atoms with Gasteiger partial charge in [-0.25, -0.2) is 8.42 Å². The molecule has 0 fully saturated rings. The maximum Gasteiger partial charge on any atom is 0.244 e. The third kappa shape index (κ3) is 7.97. The Morgan fingerprint density at radius 2 is 1.69 bits per heavy atom. The molecule has 9 heteroatoms. The fraction of sp³-hybridized carbons (Fsp3) is 0.462. The molecule has 0 spiro atoms. The predicted octanol–water partition coefficient (Wildman–Crippen LogP) is 4.44. The number of sulfonamides is 1.